The molecule has 3 N–H and O–H groups in total. The van der Waals surface area contributed by atoms with Gasteiger partial charge in [-0.2, -0.15) is 4.98 Å². The van der Waals surface area contributed by atoms with Gasteiger partial charge in [-0.25, -0.2) is 4.98 Å². The van der Waals surface area contributed by atoms with E-state index in [9.17, 15) is 18.3 Å². The van der Waals surface area contributed by atoms with E-state index in [1.807, 2.05) is 30.5 Å². The summed E-state index contributed by atoms with van der Waals surface area (Å²) in [5.74, 6) is 0.329. The van der Waals surface area contributed by atoms with E-state index >= 15 is 0 Å². The van der Waals surface area contributed by atoms with Crippen LogP contribution in [0.15, 0.2) is 59.5 Å². The van der Waals surface area contributed by atoms with Gasteiger partial charge in [-0.05, 0) is 37.4 Å². The molecule has 0 saturated heterocycles. The SMILES string of the molecule is CSc1ccccc1Nc1cc(-c2cccc(OC(F)(F)F)c2)nc(N[C@@H](C)CO)n1. The van der Waals surface area contributed by atoms with Crippen LogP contribution in [0.25, 0.3) is 11.3 Å². The van der Waals surface area contributed by atoms with Crippen molar-refractivity contribution in [3.63, 3.8) is 0 Å². The van der Waals surface area contributed by atoms with Gasteiger partial charge in [0.25, 0.3) is 0 Å². The molecule has 0 bridgehead atoms. The molecular formula is C21H21F3N4O2S. The summed E-state index contributed by atoms with van der Waals surface area (Å²) < 4.78 is 41.8. The molecule has 0 aliphatic heterocycles. The Kier molecular flexibility index (Phi) is 7.24. The molecule has 1 heterocycles. The highest BCUT2D eigenvalue weighted by molar-refractivity contribution is 7.98. The lowest BCUT2D eigenvalue weighted by molar-refractivity contribution is -0.274. The van der Waals surface area contributed by atoms with Crippen LogP contribution in [-0.2, 0) is 0 Å². The van der Waals surface area contributed by atoms with Crippen molar-refractivity contribution in [2.24, 2.45) is 0 Å². The summed E-state index contributed by atoms with van der Waals surface area (Å²) in [6.07, 6.45) is -2.84. The molecule has 3 aromatic rings. The smallest absolute Gasteiger partial charge is 0.406 e. The van der Waals surface area contributed by atoms with Crippen LogP contribution in [-0.4, -0.2) is 40.3 Å². The fraction of sp³-hybridized carbons (Fsp3) is 0.238. The van der Waals surface area contributed by atoms with Crippen molar-refractivity contribution in [2.45, 2.75) is 24.2 Å². The highest BCUT2D eigenvalue weighted by Crippen LogP contribution is 2.31. The third-order valence-electron chi connectivity index (χ3n) is 4.11. The molecule has 0 saturated carbocycles. The van der Waals surface area contributed by atoms with Gasteiger partial charge in [-0.3, -0.25) is 0 Å². The normalized spacial score (nSPS) is 12.3. The first-order valence-corrected chi connectivity index (χ1v) is 10.5. The van der Waals surface area contributed by atoms with Gasteiger partial charge in [0.2, 0.25) is 5.95 Å². The first-order chi connectivity index (χ1) is 14.8. The molecule has 0 radical (unpaired) electrons. The van der Waals surface area contributed by atoms with Crippen molar-refractivity contribution in [3.05, 3.63) is 54.6 Å². The van der Waals surface area contributed by atoms with E-state index in [0.29, 0.717) is 17.1 Å². The molecule has 2 aromatic carbocycles. The van der Waals surface area contributed by atoms with Crippen LogP contribution in [0.5, 0.6) is 5.75 Å². The summed E-state index contributed by atoms with van der Waals surface area (Å²) in [5, 5.41) is 15.6. The Balaban J connectivity index is 2.00. The van der Waals surface area contributed by atoms with Gasteiger partial charge >= 0.3 is 6.36 Å². The van der Waals surface area contributed by atoms with E-state index in [1.54, 1.807) is 30.8 Å². The number of hydrogen-bond acceptors (Lipinski definition) is 7. The number of alkyl halides is 3. The zero-order valence-corrected chi connectivity index (χ0v) is 17.6. The summed E-state index contributed by atoms with van der Waals surface area (Å²) in [7, 11) is 0. The maximum atomic E-state index is 12.6. The number of aliphatic hydroxyl groups is 1. The second kappa shape index (κ2) is 9.88. The molecule has 31 heavy (non-hydrogen) atoms. The first-order valence-electron chi connectivity index (χ1n) is 9.30. The van der Waals surface area contributed by atoms with Crippen LogP contribution >= 0.6 is 11.8 Å². The minimum absolute atomic E-state index is 0.138. The molecule has 0 aliphatic carbocycles. The van der Waals surface area contributed by atoms with Crippen molar-refractivity contribution in [1.29, 1.82) is 0 Å². The zero-order chi connectivity index (χ0) is 22.4. The largest absolute Gasteiger partial charge is 0.573 e. The van der Waals surface area contributed by atoms with Gasteiger partial charge in [-0.1, -0.05) is 24.3 Å². The van der Waals surface area contributed by atoms with E-state index in [1.165, 1.54) is 18.2 Å². The van der Waals surface area contributed by atoms with E-state index in [2.05, 4.69) is 25.3 Å². The van der Waals surface area contributed by atoms with E-state index in [0.717, 1.165) is 10.6 Å². The lowest BCUT2D eigenvalue weighted by atomic mass is 10.1. The summed E-state index contributed by atoms with van der Waals surface area (Å²) in [4.78, 5) is 9.83. The molecule has 164 valence electrons. The second-order valence-electron chi connectivity index (χ2n) is 6.59. The molecule has 10 heteroatoms. The molecule has 0 amide bonds. The molecule has 0 unspecified atom stereocenters. The van der Waals surface area contributed by atoms with Crippen LogP contribution in [0.3, 0.4) is 0 Å². The topological polar surface area (TPSA) is 79.3 Å². The molecule has 1 atom stereocenters. The minimum Gasteiger partial charge on any atom is -0.406 e. The Hall–Kier alpha value is -2.98. The van der Waals surface area contributed by atoms with Gasteiger partial charge in [0.15, 0.2) is 0 Å². The maximum Gasteiger partial charge on any atom is 0.573 e. The lowest BCUT2D eigenvalue weighted by Crippen LogP contribution is -2.21. The minimum atomic E-state index is -4.79. The quantitative estimate of drug-likeness (QED) is 0.402. The first kappa shape index (κ1) is 22.7. The molecule has 6 nitrogen and oxygen atoms in total. The fourth-order valence-electron chi connectivity index (χ4n) is 2.73. The number of hydrogen-bond donors (Lipinski definition) is 3. The van der Waals surface area contributed by atoms with Gasteiger partial charge < -0.3 is 20.5 Å². The van der Waals surface area contributed by atoms with Crippen LogP contribution in [0.4, 0.5) is 30.6 Å². The van der Waals surface area contributed by atoms with E-state index in [4.69, 9.17) is 0 Å². The number of nitrogens with one attached hydrogen (secondary N) is 2. The average Bonchev–Trinajstić information content (AvgIpc) is 2.73. The fourth-order valence-corrected chi connectivity index (χ4v) is 3.28. The number of para-hydroxylation sites is 1. The van der Waals surface area contributed by atoms with Crippen molar-refractivity contribution in [1.82, 2.24) is 9.97 Å². The highest BCUT2D eigenvalue weighted by Gasteiger charge is 2.31. The molecular weight excluding hydrogens is 429 g/mol. The average molecular weight is 450 g/mol. The van der Waals surface area contributed by atoms with Crippen molar-refractivity contribution in [3.8, 4) is 17.0 Å². The number of anilines is 3. The van der Waals surface area contributed by atoms with Crippen molar-refractivity contribution >= 4 is 29.2 Å². The van der Waals surface area contributed by atoms with E-state index in [-0.39, 0.29) is 24.3 Å². The third-order valence-corrected chi connectivity index (χ3v) is 4.90. The van der Waals surface area contributed by atoms with Crippen LogP contribution in [0.2, 0.25) is 0 Å². The summed E-state index contributed by atoms with van der Waals surface area (Å²) in [6.45, 7) is 1.62. The number of halogens is 3. The lowest BCUT2D eigenvalue weighted by Gasteiger charge is -2.16. The van der Waals surface area contributed by atoms with Gasteiger partial charge in [0, 0.05) is 22.6 Å². The standard InChI is InChI=1S/C21H21F3N4O2S/c1-13(12-29)25-20-27-17(14-6-5-7-15(10-14)30-21(22,23)24)11-19(28-20)26-16-8-3-4-9-18(16)31-2/h3-11,13,29H,12H2,1-2H3,(H2,25,26,27,28)/t13-/m0/s1. The van der Waals surface area contributed by atoms with Crippen LogP contribution < -0.4 is 15.4 Å². The molecule has 0 aliphatic rings. The molecule has 0 spiro atoms. The number of aromatic nitrogens is 2. The highest BCUT2D eigenvalue weighted by atomic mass is 32.2. The second-order valence-corrected chi connectivity index (χ2v) is 7.44. The van der Waals surface area contributed by atoms with Gasteiger partial charge in [-0.15, -0.1) is 24.9 Å². The predicted molar refractivity (Wildman–Crippen MR) is 116 cm³/mol. The third kappa shape index (κ3) is 6.50. The summed E-state index contributed by atoms with van der Waals surface area (Å²) in [6, 6.07) is 14.5. The van der Waals surface area contributed by atoms with Crippen molar-refractivity contribution in [2.75, 3.05) is 23.5 Å². The van der Waals surface area contributed by atoms with Crippen LogP contribution in [0, 0.1) is 0 Å². The Morgan fingerprint density at radius 2 is 1.87 bits per heavy atom. The predicted octanol–water partition coefficient (Wildman–Crippen LogP) is 5.30. The van der Waals surface area contributed by atoms with Crippen LogP contribution in [0.1, 0.15) is 6.92 Å². The monoisotopic (exact) mass is 450 g/mol. The number of benzene rings is 2. The van der Waals surface area contributed by atoms with Crippen molar-refractivity contribution < 1.29 is 23.0 Å². The molecule has 0 fully saturated rings. The zero-order valence-electron chi connectivity index (χ0n) is 16.8. The number of nitrogens with zero attached hydrogens (tertiary/aromatic N) is 2. The number of aliphatic hydroxyl groups excluding tert-OH is 1. The summed E-state index contributed by atoms with van der Waals surface area (Å²) >= 11 is 1.56. The molecule has 1 aromatic heterocycles. The Bertz CT molecular complexity index is 1030. The number of thioether (sulfide) groups is 1. The Labute approximate surface area is 181 Å². The Morgan fingerprint density at radius 3 is 2.58 bits per heavy atom. The maximum absolute atomic E-state index is 12.6. The van der Waals surface area contributed by atoms with Gasteiger partial charge in [0.1, 0.15) is 11.6 Å². The summed E-state index contributed by atoms with van der Waals surface area (Å²) in [5.41, 5.74) is 1.64. The van der Waals surface area contributed by atoms with E-state index < -0.39 is 6.36 Å². The van der Waals surface area contributed by atoms with Gasteiger partial charge in [0.05, 0.1) is 18.0 Å². The number of rotatable bonds is 8. The number of ether oxygens (including phenoxy) is 1. The Morgan fingerprint density at radius 1 is 1.10 bits per heavy atom. The molecule has 3 rings (SSSR count).